The summed E-state index contributed by atoms with van der Waals surface area (Å²) in [7, 11) is 0. The van der Waals surface area contributed by atoms with Crippen molar-refractivity contribution in [1.82, 2.24) is 9.78 Å². The number of anilines is 1. The molecule has 0 unspecified atom stereocenters. The second-order valence-electron chi connectivity index (χ2n) is 5.55. The minimum absolute atomic E-state index is 0.133. The number of benzene rings is 2. The van der Waals surface area contributed by atoms with Crippen molar-refractivity contribution in [3.8, 4) is 0 Å². The Morgan fingerprint density at radius 2 is 1.85 bits per heavy atom. The number of hydrogen-bond donors (Lipinski definition) is 1. The number of carbonyl (C=O) groups excluding carboxylic acids is 2. The van der Waals surface area contributed by atoms with Crippen LogP contribution in [0.1, 0.15) is 15.9 Å². The Balaban J connectivity index is 1.61. The monoisotopic (exact) mass is 365 g/mol. The number of rotatable bonds is 6. The van der Waals surface area contributed by atoms with Crippen LogP contribution in [0.5, 0.6) is 0 Å². The lowest BCUT2D eigenvalue weighted by Gasteiger charge is -2.06. The molecule has 26 heavy (non-hydrogen) atoms. The average Bonchev–Trinajstić information content (AvgIpc) is 3.14. The van der Waals surface area contributed by atoms with Gasteiger partial charge in [-0.2, -0.15) is 5.10 Å². The van der Waals surface area contributed by atoms with Gasteiger partial charge in [0, 0.05) is 28.7 Å². The van der Waals surface area contributed by atoms with E-state index < -0.39 is 0 Å². The molecule has 6 heteroatoms. The van der Waals surface area contributed by atoms with Crippen LogP contribution in [-0.4, -0.2) is 21.5 Å². The van der Waals surface area contributed by atoms with Gasteiger partial charge in [-0.15, -0.1) is 0 Å². The molecule has 0 fully saturated rings. The van der Waals surface area contributed by atoms with Gasteiger partial charge in [0.15, 0.2) is 5.78 Å². The van der Waals surface area contributed by atoms with Gasteiger partial charge in [0.25, 0.3) is 0 Å². The van der Waals surface area contributed by atoms with Crippen molar-refractivity contribution in [3.63, 3.8) is 0 Å². The van der Waals surface area contributed by atoms with Gasteiger partial charge in [0.1, 0.15) is 6.54 Å². The number of carbonyl (C=O) groups is 2. The smallest absolute Gasteiger partial charge is 0.246 e. The summed E-state index contributed by atoms with van der Waals surface area (Å²) in [5.41, 5.74) is 1.93. The van der Waals surface area contributed by atoms with E-state index >= 15 is 0 Å². The molecular formula is C20H16ClN3O2. The molecule has 0 saturated heterocycles. The van der Waals surface area contributed by atoms with E-state index in [0.29, 0.717) is 16.3 Å². The second-order valence-corrected chi connectivity index (χ2v) is 5.96. The third-order valence-corrected chi connectivity index (χ3v) is 3.98. The van der Waals surface area contributed by atoms with E-state index in [1.807, 2.05) is 18.2 Å². The molecular weight excluding hydrogens is 350 g/mol. The highest BCUT2D eigenvalue weighted by Gasteiger charge is 2.06. The van der Waals surface area contributed by atoms with E-state index in [1.165, 1.54) is 10.8 Å². The predicted molar refractivity (Wildman–Crippen MR) is 102 cm³/mol. The third kappa shape index (κ3) is 4.68. The van der Waals surface area contributed by atoms with Crippen molar-refractivity contribution in [1.29, 1.82) is 0 Å². The summed E-state index contributed by atoms with van der Waals surface area (Å²) in [4.78, 5) is 24.2. The summed E-state index contributed by atoms with van der Waals surface area (Å²) in [5.74, 6) is -0.328. The quantitative estimate of drug-likeness (QED) is 0.529. The van der Waals surface area contributed by atoms with Gasteiger partial charge in [-0.3, -0.25) is 14.3 Å². The lowest BCUT2D eigenvalue weighted by atomic mass is 10.1. The third-order valence-electron chi connectivity index (χ3n) is 3.64. The van der Waals surface area contributed by atoms with Gasteiger partial charge >= 0.3 is 0 Å². The number of hydrogen-bond acceptors (Lipinski definition) is 3. The van der Waals surface area contributed by atoms with E-state index in [1.54, 1.807) is 54.9 Å². The van der Waals surface area contributed by atoms with Crippen molar-refractivity contribution >= 4 is 35.1 Å². The number of aromatic nitrogens is 2. The first-order chi connectivity index (χ1) is 12.6. The number of allylic oxidation sites excluding steroid dienone is 1. The van der Waals surface area contributed by atoms with Crippen LogP contribution in [0.2, 0.25) is 5.02 Å². The molecule has 0 aliphatic heterocycles. The molecule has 3 rings (SSSR count). The van der Waals surface area contributed by atoms with E-state index in [2.05, 4.69) is 10.4 Å². The van der Waals surface area contributed by atoms with Crippen LogP contribution in [0.25, 0.3) is 6.08 Å². The fourth-order valence-electron chi connectivity index (χ4n) is 2.33. The van der Waals surface area contributed by atoms with Crippen molar-refractivity contribution in [3.05, 3.63) is 89.2 Å². The Labute approximate surface area is 155 Å². The maximum Gasteiger partial charge on any atom is 0.246 e. The van der Waals surface area contributed by atoms with Crippen LogP contribution in [-0.2, 0) is 11.3 Å². The molecule has 0 bridgehead atoms. The summed E-state index contributed by atoms with van der Waals surface area (Å²) < 4.78 is 1.53. The molecule has 0 saturated carbocycles. The molecule has 1 heterocycles. The van der Waals surface area contributed by atoms with Gasteiger partial charge in [-0.05, 0) is 54.1 Å². The molecule has 0 atom stereocenters. The van der Waals surface area contributed by atoms with Crippen LogP contribution in [0, 0.1) is 0 Å². The minimum atomic E-state index is -0.189. The maximum atomic E-state index is 12.2. The van der Waals surface area contributed by atoms with Gasteiger partial charge in [0.05, 0.1) is 0 Å². The van der Waals surface area contributed by atoms with Crippen molar-refractivity contribution in [2.75, 3.05) is 5.32 Å². The lowest BCUT2D eigenvalue weighted by molar-refractivity contribution is -0.116. The number of ketones is 1. The molecule has 0 radical (unpaired) electrons. The fraction of sp³-hybridized carbons (Fsp3) is 0.0500. The first kappa shape index (κ1) is 17.6. The summed E-state index contributed by atoms with van der Waals surface area (Å²) in [6.07, 6.45) is 6.49. The zero-order valence-corrected chi connectivity index (χ0v) is 14.6. The zero-order chi connectivity index (χ0) is 18.4. The minimum Gasteiger partial charge on any atom is -0.324 e. The summed E-state index contributed by atoms with van der Waals surface area (Å²) in [6, 6.07) is 15.8. The predicted octanol–water partition coefficient (Wildman–Crippen LogP) is 4.07. The maximum absolute atomic E-state index is 12.2. The number of nitrogens with zero attached hydrogens (tertiary/aromatic N) is 2. The second kappa shape index (κ2) is 8.27. The number of amides is 1. The molecule has 0 aliphatic rings. The van der Waals surface area contributed by atoms with Gasteiger partial charge in [-0.25, -0.2) is 0 Å². The van der Waals surface area contributed by atoms with Gasteiger partial charge in [0.2, 0.25) is 5.91 Å². The highest BCUT2D eigenvalue weighted by molar-refractivity contribution is 6.32. The highest BCUT2D eigenvalue weighted by Crippen LogP contribution is 2.17. The molecule has 5 nitrogen and oxygen atoms in total. The Kier molecular flexibility index (Phi) is 5.61. The molecule has 2 aromatic carbocycles. The molecule has 130 valence electrons. The topological polar surface area (TPSA) is 64.0 Å². The molecule has 3 aromatic rings. The number of nitrogens with one attached hydrogen (secondary N) is 1. The van der Waals surface area contributed by atoms with Crippen LogP contribution >= 0.6 is 11.6 Å². The van der Waals surface area contributed by atoms with E-state index in [9.17, 15) is 9.59 Å². The molecule has 0 spiro atoms. The normalized spacial score (nSPS) is 10.8. The van der Waals surface area contributed by atoms with Crippen molar-refractivity contribution in [2.24, 2.45) is 0 Å². The van der Waals surface area contributed by atoms with Crippen molar-refractivity contribution in [2.45, 2.75) is 6.54 Å². The first-order valence-electron chi connectivity index (χ1n) is 7.96. The van der Waals surface area contributed by atoms with Crippen LogP contribution in [0.15, 0.2) is 73.1 Å². The lowest BCUT2D eigenvalue weighted by Crippen LogP contribution is -2.18. The van der Waals surface area contributed by atoms with E-state index in [-0.39, 0.29) is 18.2 Å². The van der Waals surface area contributed by atoms with Gasteiger partial charge < -0.3 is 5.32 Å². The Bertz CT molecular complexity index is 932. The standard InChI is InChI=1S/C20H16ClN3O2/c21-18-5-2-1-4-15(18)8-11-19(25)16-6-9-17(10-7-16)23-20(26)14-24-13-3-12-22-24/h1-13H,14H2,(H,23,26)/b11-8+. The van der Waals surface area contributed by atoms with E-state index in [4.69, 9.17) is 11.6 Å². The Hall–Kier alpha value is -3.18. The highest BCUT2D eigenvalue weighted by atomic mass is 35.5. The first-order valence-corrected chi connectivity index (χ1v) is 8.34. The average molecular weight is 366 g/mol. The number of halogens is 1. The molecule has 0 aliphatic carbocycles. The summed E-state index contributed by atoms with van der Waals surface area (Å²) in [6.45, 7) is 0.133. The zero-order valence-electron chi connectivity index (χ0n) is 13.8. The Morgan fingerprint density at radius 3 is 2.54 bits per heavy atom. The van der Waals surface area contributed by atoms with E-state index in [0.717, 1.165) is 5.56 Å². The SMILES string of the molecule is O=C(Cn1cccn1)Nc1ccc(C(=O)/C=C/c2ccccc2Cl)cc1. The molecule has 1 amide bonds. The fourth-order valence-corrected chi connectivity index (χ4v) is 2.53. The Morgan fingerprint density at radius 1 is 1.08 bits per heavy atom. The summed E-state index contributed by atoms with van der Waals surface area (Å²) in [5, 5.41) is 7.34. The molecule has 1 aromatic heterocycles. The van der Waals surface area contributed by atoms with Crippen LogP contribution in [0.4, 0.5) is 5.69 Å². The van der Waals surface area contributed by atoms with Crippen LogP contribution in [0.3, 0.4) is 0 Å². The summed E-state index contributed by atoms with van der Waals surface area (Å²) >= 11 is 6.06. The van der Waals surface area contributed by atoms with Gasteiger partial charge in [-0.1, -0.05) is 29.8 Å². The molecule has 1 N–H and O–H groups in total. The largest absolute Gasteiger partial charge is 0.324 e. The van der Waals surface area contributed by atoms with Crippen molar-refractivity contribution < 1.29 is 9.59 Å². The van der Waals surface area contributed by atoms with Crippen LogP contribution < -0.4 is 5.32 Å².